The molecule has 1 aliphatic heterocycles. The smallest absolute Gasteiger partial charge is 0.254 e. The average Bonchev–Trinajstić information content (AvgIpc) is 3.38. The van der Waals surface area contributed by atoms with E-state index in [4.69, 9.17) is 16.3 Å². The van der Waals surface area contributed by atoms with Gasteiger partial charge in [-0.15, -0.1) is 11.3 Å². The molecule has 0 N–H and O–H groups in total. The van der Waals surface area contributed by atoms with Gasteiger partial charge in [-0.25, -0.2) is 0 Å². The van der Waals surface area contributed by atoms with Crippen LogP contribution < -0.4 is 0 Å². The first-order valence-electron chi connectivity index (χ1n) is 13.3. The maximum atomic E-state index is 13.9. The zero-order valence-corrected chi connectivity index (χ0v) is 24.3. The molecule has 7 heteroatoms. The van der Waals surface area contributed by atoms with Crippen LogP contribution >= 0.6 is 22.9 Å². The molecule has 1 aliphatic rings. The largest absolute Gasteiger partial charge is 0.382 e. The predicted molar refractivity (Wildman–Crippen MR) is 155 cm³/mol. The lowest BCUT2D eigenvalue weighted by Gasteiger charge is -2.37. The predicted octanol–water partition coefficient (Wildman–Crippen LogP) is 6.74. The number of benzene rings is 2. The van der Waals surface area contributed by atoms with E-state index in [9.17, 15) is 9.59 Å². The fourth-order valence-corrected chi connectivity index (χ4v) is 5.92. The average molecular weight is 553 g/mol. The van der Waals surface area contributed by atoms with Crippen LogP contribution in [-0.4, -0.2) is 54.5 Å². The lowest BCUT2D eigenvalue weighted by Crippen LogP contribution is -2.47. The first-order valence-corrected chi connectivity index (χ1v) is 14.5. The maximum Gasteiger partial charge on any atom is 0.254 e. The molecule has 3 aromatic rings. The third kappa shape index (κ3) is 6.66. The first-order chi connectivity index (χ1) is 18.2. The summed E-state index contributed by atoms with van der Waals surface area (Å²) in [6, 6.07) is 17.4. The second-order valence-electron chi connectivity index (χ2n) is 10.7. The van der Waals surface area contributed by atoms with Gasteiger partial charge in [-0.2, -0.15) is 0 Å². The number of carbonyl (C=O) groups excluding carboxylic acids is 2. The number of ether oxygens (including phenoxy) is 1. The van der Waals surface area contributed by atoms with Crippen LogP contribution in [-0.2, 0) is 21.4 Å². The van der Waals surface area contributed by atoms with E-state index in [1.165, 1.54) is 10.4 Å². The van der Waals surface area contributed by atoms with Crippen LogP contribution in [0.3, 0.4) is 0 Å². The van der Waals surface area contributed by atoms with Gasteiger partial charge in [0, 0.05) is 41.8 Å². The van der Waals surface area contributed by atoms with Crippen LogP contribution in [0.4, 0.5) is 0 Å². The molecule has 2 amide bonds. The SMILES string of the molecule is CCOCCCN(CC(=O)N1CCc2sccc2C1c1ccc(Cl)cc1)C(=O)c1ccc(C(C)(C)C)cc1. The maximum absolute atomic E-state index is 13.9. The number of fused-ring (bicyclic) bond motifs is 1. The quantitative estimate of drug-likeness (QED) is 0.276. The molecular formula is C31H37ClN2O3S. The van der Waals surface area contributed by atoms with Crippen molar-refractivity contribution in [2.45, 2.75) is 52.0 Å². The summed E-state index contributed by atoms with van der Waals surface area (Å²) in [7, 11) is 0. The molecule has 0 saturated heterocycles. The number of thiophene rings is 1. The Morgan fingerprint density at radius 1 is 1.08 bits per heavy atom. The van der Waals surface area contributed by atoms with Gasteiger partial charge in [-0.3, -0.25) is 9.59 Å². The highest BCUT2D eigenvalue weighted by atomic mass is 35.5. The topological polar surface area (TPSA) is 49.9 Å². The van der Waals surface area contributed by atoms with Crippen molar-refractivity contribution in [1.82, 2.24) is 9.80 Å². The van der Waals surface area contributed by atoms with Gasteiger partial charge in [0.25, 0.3) is 5.91 Å². The summed E-state index contributed by atoms with van der Waals surface area (Å²) in [4.78, 5) is 32.4. The van der Waals surface area contributed by atoms with Crippen molar-refractivity contribution in [1.29, 1.82) is 0 Å². The highest BCUT2D eigenvalue weighted by molar-refractivity contribution is 7.10. The van der Waals surface area contributed by atoms with Gasteiger partial charge in [0.05, 0.1) is 6.04 Å². The van der Waals surface area contributed by atoms with Gasteiger partial charge in [-0.1, -0.05) is 56.6 Å². The molecule has 2 heterocycles. The van der Waals surface area contributed by atoms with Crippen molar-refractivity contribution in [2.24, 2.45) is 0 Å². The Balaban J connectivity index is 1.58. The third-order valence-electron chi connectivity index (χ3n) is 7.00. The van der Waals surface area contributed by atoms with E-state index in [1.54, 1.807) is 16.2 Å². The minimum atomic E-state index is -0.193. The van der Waals surface area contributed by atoms with Gasteiger partial charge in [-0.05, 0) is 77.6 Å². The van der Waals surface area contributed by atoms with Gasteiger partial charge >= 0.3 is 0 Å². The number of nitrogens with zero attached hydrogens (tertiary/aromatic N) is 2. The minimum absolute atomic E-state index is 0.000170. The van der Waals surface area contributed by atoms with Crippen molar-refractivity contribution < 1.29 is 14.3 Å². The minimum Gasteiger partial charge on any atom is -0.382 e. The molecular weight excluding hydrogens is 516 g/mol. The van der Waals surface area contributed by atoms with E-state index in [1.807, 2.05) is 60.4 Å². The molecule has 2 aromatic carbocycles. The molecule has 1 unspecified atom stereocenters. The summed E-state index contributed by atoms with van der Waals surface area (Å²) >= 11 is 7.90. The Kier molecular flexibility index (Phi) is 9.29. The van der Waals surface area contributed by atoms with E-state index < -0.39 is 0 Å². The number of rotatable bonds is 9. The van der Waals surface area contributed by atoms with Crippen LogP contribution in [0.2, 0.25) is 5.02 Å². The van der Waals surface area contributed by atoms with E-state index in [0.29, 0.717) is 43.3 Å². The number of amides is 2. The molecule has 38 heavy (non-hydrogen) atoms. The van der Waals surface area contributed by atoms with Crippen molar-refractivity contribution in [3.05, 3.63) is 92.1 Å². The Morgan fingerprint density at radius 2 is 1.79 bits per heavy atom. The molecule has 0 radical (unpaired) electrons. The monoisotopic (exact) mass is 552 g/mol. The summed E-state index contributed by atoms with van der Waals surface area (Å²) in [6.07, 6.45) is 1.48. The second-order valence-corrected chi connectivity index (χ2v) is 12.1. The molecule has 1 atom stereocenters. The number of halogens is 1. The highest BCUT2D eigenvalue weighted by Crippen LogP contribution is 2.38. The Hall–Kier alpha value is -2.67. The summed E-state index contributed by atoms with van der Waals surface area (Å²) < 4.78 is 5.52. The van der Waals surface area contributed by atoms with Gasteiger partial charge in [0.1, 0.15) is 6.54 Å². The summed E-state index contributed by atoms with van der Waals surface area (Å²) in [6.45, 7) is 10.7. The molecule has 0 spiro atoms. The molecule has 1 aromatic heterocycles. The van der Waals surface area contributed by atoms with E-state index in [2.05, 4.69) is 32.2 Å². The molecule has 0 fully saturated rings. The third-order valence-corrected chi connectivity index (χ3v) is 8.25. The van der Waals surface area contributed by atoms with Crippen LogP contribution in [0.5, 0.6) is 0 Å². The molecule has 0 aliphatic carbocycles. The van der Waals surface area contributed by atoms with Crippen molar-refractivity contribution in [2.75, 3.05) is 32.8 Å². The lowest BCUT2D eigenvalue weighted by molar-refractivity contribution is -0.134. The fourth-order valence-electron chi connectivity index (χ4n) is 4.89. The van der Waals surface area contributed by atoms with Crippen molar-refractivity contribution in [3.63, 3.8) is 0 Å². The summed E-state index contributed by atoms with van der Waals surface area (Å²) in [5.74, 6) is -0.190. The van der Waals surface area contributed by atoms with Crippen LogP contribution in [0, 0.1) is 0 Å². The van der Waals surface area contributed by atoms with Crippen molar-refractivity contribution >= 4 is 34.8 Å². The number of carbonyl (C=O) groups is 2. The Labute approximate surface area is 235 Å². The van der Waals surface area contributed by atoms with Crippen LogP contribution in [0.25, 0.3) is 0 Å². The lowest BCUT2D eigenvalue weighted by atomic mass is 9.86. The fraction of sp³-hybridized carbons (Fsp3) is 0.419. The van der Waals surface area contributed by atoms with Gasteiger partial charge in [0.15, 0.2) is 0 Å². The molecule has 202 valence electrons. The molecule has 0 saturated carbocycles. The normalized spacial score (nSPS) is 15.3. The molecule has 0 bridgehead atoms. The highest BCUT2D eigenvalue weighted by Gasteiger charge is 2.34. The second kappa shape index (κ2) is 12.5. The first kappa shape index (κ1) is 28.3. The van der Waals surface area contributed by atoms with E-state index in [0.717, 1.165) is 17.5 Å². The van der Waals surface area contributed by atoms with Crippen molar-refractivity contribution in [3.8, 4) is 0 Å². The summed E-state index contributed by atoms with van der Waals surface area (Å²) in [5, 5.41) is 2.75. The number of hydrogen-bond donors (Lipinski definition) is 0. The summed E-state index contributed by atoms with van der Waals surface area (Å²) in [5.41, 5.74) is 3.94. The van der Waals surface area contributed by atoms with Crippen LogP contribution in [0.15, 0.2) is 60.0 Å². The molecule has 4 rings (SSSR count). The number of hydrogen-bond acceptors (Lipinski definition) is 4. The van der Waals surface area contributed by atoms with E-state index in [-0.39, 0.29) is 29.8 Å². The zero-order valence-electron chi connectivity index (χ0n) is 22.7. The zero-order chi connectivity index (χ0) is 27.3. The van der Waals surface area contributed by atoms with Gasteiger partial charge < -0.3 is 14.5 Å². The standard InChI is InChI=1S/C31H37ClN2O3S/c1-5-37-19-6-17-33(30(36)23-7-11-24(12-8-23)31(2,3)4)21-28(35)34-18-15-27-26(16-20-38-27)29(34)22-9-13-25(32)14-10-22/h7-14,16,20,29H,5-6,15,17-19,21H2,1-4H3. The Bertz CT molecular complexity index is 1230. The van der Waals surface area contributed by atoms with E-state index >= 15 is 0 Å². The Morgan fingerprint density at radius 3 is 2.45 bits per heavy atom. The van der Waals surface area contributed by atoms with Gasteiger partial charge in [0.2, 0.25) is 5.91 Å². The van der Waals surface area contributed by atoms with Crippen LogP contribution in [0.1, 0.15) is 72.1 Å². The molecule has 5 nitrogen and oxygen atoms in total.